The fraction of sp³-hybridized carbons (Fsp3) is 0.0435. The lowest BCUT2D eigenvalue weighted by molar-refractivity contribution is -0.384. The van der Waals surface area contributed by atoms with Gasteiger partial charge in [-0.1, -0.05) is 40.2 Å². The summed E-state index contributed by atoms with van der Waals surface area (Å²) in [6.07, 6.45) is 1.53. The third kappa shape index (κ3) is 5.79. The second kappa shape index (κ2) is 10.4. The van der Waals surface area contributed by atoms with E-state index in [4.69, 9.17) is 4.74 Å². The summed E-state index contributed by atoms with van der Waals surface area (Å²) in [5.74, 6) is -0.751. The number of amides is 2. The maximum atomic E-state index is 13.0. The van der Waals surface area contributed by atoms with Crippen molar-refractivity contribution < 1.29 is 19.2 Å². The third-order valence-electron chi connectivity index (χ3n) is 4.36. The number of non-ortho nitro benzene ring substituents is 1. The highest BCUT2D eigenvalue weighted by atomic mass is 79.9. The molecule has 0 saturated carbocycles. The van der Waals surface area contributed by atoms with Crippen LogP contribution in [0.2, 0.25) is 0 Å². The van der Waals surface area contributed by atoms with Crippen LogP contribution in [0.15, 0.2) is 83.0 Å². The zero-order valence-electron chi connectivity index (χ0n) is 16.9. The lowest BCUT2D eigenvalue weighted by atomic mass is 10.1. The molecule has 0 fully saturated rings. The zero-order chi connectivity index (χ0) is 23.1. The molecule has 8 nitrogen and oxygen atoms in total. The van der Waals surface area contributed by atoms with Gasteiger partial charge in [-0.25, -0.2) is 0 Å². The summed E-state index contributed by atoms with van der Waals surface area (Å²) in [4.78, 5) is 36.1. The lowest BCUT2D eigenvalue weighted by Crippen LogP contribution is -2.31. The number of halogens is 1. The number of rotatable bonds is 7. The van der Waals surface area contributed by atoms with Crippen LogP contribution in [0.5, 0.6) is 5.75 Å². The molecule has 0 atom stereocenters. The molecule has 0 unspecified atom stereocenters. The smallest absolute Gasteiger partial charge is 0.272 e. The Hall–Kier alpha value is -3.98. The number of nitrogens with zero attached hydrogens (tertiary/aromatic N) is 1. The number of ether oxygens (including phenoxy) is 1. The Morgan fingerprint density at radius 2 is 1.66 bits per heavy atom. The molecule has 0 saturated heterocycles. The summed E-state index contributed by atoms with van der Waals surface area (Å²) in [5, 5.41) is 16.1. The SMILES string of the molecule is COc1ccccc1C(=O)N/C(=C/c1ccc(Br)cc1)C(=O)Nc1ccc([N+](=O)[O-])cc1. The molecule has 3 aromatic rings. The Morgan fingerprint density at radius 1 is 1.00 bits per heavy atom. The molecule has 0 aliphatic heterocycles. The molecule has 162 valence electrons. The van der Waals surface area contributed by atoms with Crippen LogP contribution >= 0.6 is 15.9 Å². The summed E-state index contributed by atoms with van der Waals surface area (Å²) >= 11 is 3.36. The predicted molar refractivity (Wildman–Crippen MR) is 124 cm³/mol. The van der Waals surface area contributed by atoms with Crippen molar-refractivity contribution >= 4 is 45.2 Å². The van der Waals surface area contributed by atoms with Crippen molar-refractivity contribution in [2.24, 2.45) is 0 Å². The van der Waals surface area contributed by atoms with E-state index in [0.717, 1.165) is 4.47 Å². The van der Waals surface area contributed by atoms with E-state index < -0.39 is 16.7 Å². The van der Waals surface area contributed by atoms with E-state index in [1.165, 1.54) is 37.5 Å². The van der Waals surface area contributed by atoms with E-state index >= 15 is 0 Å². The zero-order valence-corrected chi connectivity index (χ0v) is 18.5. The number of nitro groups is 1. The molecule has 3 rings (SSSR count). The van der Waals surface area contributed by atoms with Crippen molar-refractivity contribution in [2.45, 2.75) is 0 Å². The van der Waals surface area contributed by atoms with Crippen molar-refractivity contribution in [3.63, 3.8) is 0 Å². The van der Waals surface area contributed by atoms with Crippen LogP contribution in [0.3, 0.4) is 0 Å². The number of hydrogen-bond donors (Lipinski definition) is 2. The van der Waals surface area contributed by atoms with E-state index in [9.17, 15) is 19.7 Å². The number of benzene rings is 3. The van der Waals surface area contributed by atoms with E-state index in [1.54, 1.807) is 48.5 Å². The first-order valence-corrected chi connectivity index (χ1v) is 10.1. The first-order valence-electron chi connectivity index (χ1n) is 9.35. The average molecular weight is 496 g/mol. The summed E-state index contributed by atoms with van der Waals surface area (Å²) in [6.45, 7) is 0. The second-order valence-electron chi connectivity index (χ2n) is 6.52. The summed E-state index contributed by atoms with van der Waals surface area (Å²) in [7, 11) is 1.45. The topological polar surface area (TPSA) is 111 Å². The minimum Gasteiger partial charge on any atom is -0.496 e. The number of anilines is 1. The standard InChI is InChI=1S/C23H18BrN3O5/c1-32-21-5-3-2-4-19(21)22(28)26-20(14-15-6-8-16(24)9-7-15)23(29)25-17-10-12-18(13-11-17)27(30)31/h2-14H,1H3,(H,25,29)(H,26,28)/b20-14+. The molecule has 0 radical (unpaired) electrons. The Kier molecular flexibility index (Phi) is 7.35. The van der Waals surface area contributed by atoms with E-state index in [2.05, 4.69) is 26.6 Å². The number of para-hydroxylation sites is 1. The van der Waals surface area contributed by atoms with Gasteiger partial charge in [0.15, 0.2) is 0 Å². The van der Waals surface area contributed by atoms with Crippen LogP contribution in [-0.4, -0.2) is 23.8 Å². The van der Waals surface area contributed by atoms with Gasteiger partial charge in [0.1, 0.15) is 11.4 Å². The molecule has 3 aromatic carbocycles. The summed E-state index contributed by atoms with van der Waals surface area (Å²) in [6, 6.07) is 19.2. The Labute approximate surface area is 192 Å². The number of nitro benzene ring substituents is 1. The molecular weight excluding hydrogens is 478 g/mol. The van der Waals surface area contributed by atoms with Gasteiger partial charge >= 0.3 is 0 Å². The van der Waals surface area contributed by atoms with Crippen LogP contribution in [0, 0.1) is 10.1 Å². The second-order valence-corrected chi connectivity index (χ2v) is 7.44. The van der Waals surface area contributed by atoms with Gasteiger partial charge in [-0.2, -0.15) is 0 Å². The molecule has 0 aromatic heterocycles. The minimum absolute atomic E-state index is 0.0124. The lowest BCUT2D eigenvalue weighted by Gasteiger charge is -2.13. The maximum Gasteiger partial charge on any atom is 0.272 e. The van der Waals surface area contributed by atoms with Crippen molar-refractivity contribution in [1.82, 2.24) is 5.32 Å². The molecule has 32 heavy (non-hydrogen) atoms. The van der Waals surface area contributed by atoms with Crippen molar-refractivity contribution in [3.8, 4) is 5.75 Å². The highest BCUT2D eigenvalue weighted by molar-refractivity contribution is 9.10. The number of methoxy groups -OCH3 is 1. The molecule has 0 aliphatic rings. The van der Waals surface area contributed by atoms with Gasteiger partial charge in [0.2, 0.25) is 0 Å². The quantitative estimate of drug-likeness (QED) is 0.278. The van der Waals surface area contributed by atoms with Crippen LogP contribution in [-0.2, 0) is 4.79 Å². The summed E-state index contributed by atoms with van der Waals surface area (Å²) in [5.41, 5.74) is 1.18. The molecule has 2 N–H and O–H groups in total. The Morgan fingerprint density at radius 3 is 2.28 bits per heavy atom. The molecule has 2 amide bonds. The van der Waals surface area contributed by atoms with E-state index in [0.29, 0.717) is 17.0 Å². The molecule has 0 bridgehead atoms. The van der Waals surface area contributed by atoms with Crippen molar-refractivity contribution in [2.75, 3.05) is 12.4 Å². The van der Waals surface area contributed by atoms with Crippen molar-refractivity contribution in [1.29, 1.82) is 0 Å². The fourth-order valence-corrected chi connectivity index (χ4v) is 3.04. The van der Waals surface area contributed by atoms with Gasteiger partial charge < -0.3 is 15.4 Å². The fourth-order valence-electron chi connectivity index (χ4n) is 2.77. The largest absolute Gasteiger partial charge is 0.496 e. The van der Waals surface area contributed by atoms with Gasteiger partial charge in [-0.05, 0) is 48.0 Å². The van der Waals surface area contributed by atoms with Crippen LogP contribution in [0.4, 0.5) is 11.4 Å². The first-order chi connectivity index (χ1) is 15.4. The number of hydrogen-bond acceptors (Lipinski definition) is 5. The van der Waals surface area contributed by atoms with Crippen LogP contribution in [0.25, 0.3) is 6.08 Å². The third-order valence-corrected chi connectivity index (χ3v) is 4.89. The summed E-state index contributed by atoms with van der Waals surface area (Å²) < 4.78 is 6.09. The maximum absolute atomic E-state index is 13.0. The van der Waals surface area contributed by atoms with Crippen LogP contribution in [0.1, 0.15) is 15.9 Å². The van der Waals surface area contributed by atoms with Crippen LogP contribution < -0.4 is 15.4 Å². The molecule has 0 aliphatic carbocycles. The van der Waals surface area contributed by atoms with E-state index in [1.807, 2.05) is 0 Å². The Balaban J connectivity index is 1.89. The number of nitrogens with one attached hydrogen (secondary N) is 2. The monoisotopic (exact) mass is 495 g/mol. The molecular formula is C23H18BrN3O5. The minimum atomic E-state index is -0.593. The molecule has 0 spiro atoms. The normalized spacial score (nSPS) is 10.9. The van der Waals surface area contributed by atoms with Gasteiger partial charge in [0.25, 0.3) is 17.5 Å². The van der Waals surface area contributed by atoms with Gasteiger partial charge in [0.05, 0.1) is 17.6 Å². The van der Waals surface area contributed by atoms with Gasteiger partial charge in [0, 0.05) is 22.3 Å². The van der Waals surface area contributed by atoms with Crippen molar-refractivity contribution in [3.05, 3.63) is 104 Å². The van der Waals surface area contributed by atoms with E-state index in [-0.39, 0.29) is 16.9 Å². The van der Waals surface area contributed by atoms with Gasteiger partial charge in [-0.15, -0.1) is 0 Å². The average Bonchev–Trinajstić information content (AvgIpc) is 2.80. The highest BCUT2D eigenvalue weighted by Crippen LogP contribution is 2.20. The Bertz CT molecular complexity index is 1170. The van der Waals surface area contributed by atoms with Gasteiger partial charge in [-0.3, -0.25) is 19.7 Å². The first kappa shape index (κ1) is 22.7. The molecule has 9 heteroatoms. The molecule has 0 heterocycles. The highest BCUT2D eigenvalue weighted by Gasteiger charge is 2.18. The number of carbonyl (C=O) groups excluding carboxylic acids is 2. The number of carbonyl (C=O) groups is 2. The predicted octanol–water partition coefficient (Wildman–Crippen LogP) is 4.78.